The van der Waals surface area contributed by atoms with Crippen molar-refractivity contribution in [3.05, 3.63) is 41.5 Å². The number of nitrogens with zero attached hydrogens (tertiary/aromatic N) is 1. The molecule has 0 saturated carbocycles. The van der Waals surface area contributed by atoms with Crippen molar-refractivity contribution < 1.29 is 23.4 Å². The second-order valence-electron chi connectivity index (χ2n) is 12.9. The molecule has 7 heteroatoms. The largest absolute Gasteiger partial charge is 0.493 e. The fourth-order valence-corrected chi connectivity index (χ4v) is 6.58. The molecule has 1 amide bonds. The standard InChI is InChI=1S/C29H43NO5Si/c1-27(2,3)34-26(31)30(7)18-17-29-20-13-11-19-12-15-21(32-8)24(23(19)29)33-25(29)22(16-14-20)35-36(9,10)28(4,5)6/h11-16,20,22,25H,17-18H2,1-10H3/t20-,22-,25+,29+/m1/s1. The molecule has 4 rings (SSSR count). The lowest BCUT2D eigenvalue weighted by Crippen LogP contribution is -2.57. The number of carbonyl (C=O) groups is 1. The first-order valence-electron chi connectivity index (χ1n) is 13.0. The number of rotatable bonds is 6. The van der Waals surface area contributed by atoms with Gasteiger partial charge in [-0.05, 0) is 57.0 Å². The molecule has 3 aliphatic rings. The first-order chi connectivity index (χ1) is 16.6. The molecular formula is C29H43NO5Si. The van der Waals surface area contributed by atoms with E-state index in [0.717, 1.165) is 23.5 Å². The Morgan fingerprint density at radius 1 is 1.11 bits per heavy atom. The highest BCUT2D eigenvalue weighted by Crippen LogP contribution is 2.60. The highest BCUT2D eigenvalue weighted by Gasteiger charge is 2.60. The number of hydrogen-bond donors (Lipinski definition) is 0. The van der Waals surface area contributed by atoms with Gasteiger partial charge in [0.1, 0.15) is 17.8 Å². The minimum Gasteiger partial charge on any atom is -0.493 e. The maximum Gasteiger partial charge on any atom is 0.410 e. The Morgan fingerprint density at radius 2 is 1.81 bits per heavy atom. The Balaban J connectivity index is 1.75. The summed E-state index contributed by atoms with van der Waals surface area (Å²) < 4.78 is 25.2. The Morgan fingerprint density at radius 3 is 2.42 bits per heavy atom. The molecular weight excluding hydrogens is 470 g/mol. The SMILES string of the molecule is COc1ccc2c3c1O[C@H]1[C@H](O[Si](C)(C)C(C)(C)C)C=C[C@@H](C=C2)[C@@]31CCN(C)C(=O)OC(C)(C)C. The normalized spacial score (nSPS) is 26.3. The zero-order valence-corrected chi connectivity index (χ0v) is 24.6. The summed E-state index contributed by atoms with van der Waals surface area (Å²) in [6.07, 6.45) is 8.92. The number of benzene rings is 1. The molecule has 0 fully saturated rings. The second kappa shape index (κ2) is 8.94. The predicted octanol–water partition coefficient (Wildman–Crippen LogP) is 6.55. The second-order valence-corrected chi connectivity index (χ2v) is 17.7. The van der Waals surface area contributed by atoms with Crippen LogP contribution >= 0.6 is 0 Å². The molecule has 0 unspecified atom stereocenters. The first-order valence-corrected chi connectivity index (χ1v) is 15.9. The van der Waals surface area contributed by atoms with Crippen molar-refractivity contribution in [2.75, 3.05) is 20.7 Å². The average molecular weight is 514 g/mol. The Labute approximate surface area is 217 Å². The highest BCUT2D eigenvalue weighted by molar-refractivity contribution is 6.74. The van der Waals surface area contributed by atoms with Crippen LogP contribution in [0, 0.1) is 5.92 Å². The van der Waals surface area contributed by atoms with E-state index < -0.39 is 13.9 Å². The van der Waals surface area contributed by atoms with E-state index in [-0.39, 0.29) is 34.7 Å². The van der Waals surface area contributed by atoms with Gasteiger partial charge in [0.25, 0.3) is 0 Å². The Hall–Kier alpha value is -2.25. The van der Waals surface area contributed by atoms with Gasteiger partial charge in [0.05, 0.1) is 12.5 Å². The molecule has 1 aromatic carbocycles. The molecule has 1 heterocycles. The van der Waals surface area contributed by atoms with E-state index in [1.165, 1.54) is 5.56 Å². The van der Waals surface area contributed by atoms with Crippen molar-refractivity contribution in [1.82, 2.24) is 4.90 Å². The minimum absolute atomic E-state index is 0.0720. The number of amides is 1. The smallest absolute Gasteiger partial charge is 0.410 e. The van der Waals surface area contributed by atoms with E-state index in [9.17, 15) is 4.79 Å². The molecule has 6 nitrogen and oxygen atoms in total. The Kier molecular flexibility index (Phi) is 6.66. The average Bonchev–Trinajstić information content (AvgIpc) is 3.12. The fraction of sp³-hybridized carbons (Fsp3) is 0.621. The summed E-state index contributed by atoms with van der Waals surface area (Å²) in [7, 11) is 1.41. The topological polar surface area (TPSA) is 57.2 Å². The molecule has 198 valence electrons. The van der Waals surface area contributed by atoms with Crippen LogP contribution in [-0.4, -0.2) is 57.8 Å². The predicted molar refractivity (Wildman–Crippen MR) is 146 cm³/mol. The third-order valence-electron chi connectivity index (χ3n) is 8.28. The summed E-state index contributed by atoms with van der Waals surface area (Å²) in [5.74, 6) is 1.68. The third-order valence-corrected chi connectivity index (χ3v) is 12.8. The molecule has 36 heavy (non-hydrogen) atoms. The number of methoxy groups -OCH3 is 1. The lowest BCUT2D eigenvalue weighted by Gasteiger charge is -2.49. The summed E-state index contributed by atoms with van der Waals surface area (Å²) in [5, 5.41) is 0.0720. The quantitative estimate of drug-likeness (QED) is 0.319. The van der Waals surface area contributed by atoms with E-state index in [1.54, 1.807) is 12.0 Å². The van der Waals surface area contributed by atoms with Crippen LogP contribution in [0.25, 0.3) is 6.08 Å². The van der Waals surface area contributed by atoms with Crippen LogP contribution in [0.4, 0.5) is 4.79 Å². The molecule has 4 atom stereocenters. The van der Waals surface area contributed by atoms with E-state index in [1.807, 2.05) is 33.9 Å². The van der Waals surface area contributed by atoms with E-state index in [2.05, 4.69) is 64.2 Å². The van der Waals surface area contributed by atoms with Crippen molar-refractivity contribution in [2.45, 2.75) is 89.3 Å². The monoisotopic (exact) mass is 513 g/mol. The zero-order valence-electron chi connectivity index (χ0n) is 23.6. The van der Waals surface area contributed by atoms with E-state index >= 15 is 0 Å². The molecule has 0 spiro atoms. The highest BCUT2D eigenvalue weighted by atomic mass is 28.4. The maximum absolute atomic E-state index is 12.8. The summed E-state index contributed by atoms with van der Waals surface area (Å²) in [6, 6.07) is 4.09. The molecule has 1 aromatic rings. The van der Waals surface area contributed by atoms with Gasteiger partial charge in [0, 0.05) is 25.1 Å². The number of ether oxygens (including phenoxy) is 3. The summed E-state index contributed by atoms with van der Waals surface area (Å²) in [6.45, 7) is 17.5. The van der Waals surface area contributed by atoms with E-state index in [0.29, 0.717) is 6.54 Å². The number of carbonyl (C=O) groups excluding carboxylic acids is 1. The molecule has 0 aromatic heterocycles. The minimum atomic E-state index is -2.08. The lowest BCUT2D eigenvalue weighted by molar-refractivity contribution is 0.00671. The van der Waals surface area contributed by atoms with Crippen molar-refractivity contribution in [3.8, 4) is 11.5 Å². The summed E-state index contributed by atoms with van der Waals surface area (Å²) in [5.41, 5.74) is 1.41. The zero-order chi connectivity index (χ0) is 26.7. The van der Waals surface area contributed by atoms with Crippen molar-refractivity contribution in [2.24, 2.45) is 5.92 Å². The van der Waals surface area contributed by atoms with Crippen LogP contribution in [0.15, 0.2) is 30.4 Å². The number of hydrogen-bond acceptors (Lipinski definition) is 5. The van der Waals surface area contributed by atoms with Gasteiger partial charge < -0.3 is 23.5 Å². The van der Waals surface area contributed by atoms with Gasteiger partial charge >= 0.3 is 6.09 Å². The fourth-order valence-electron chi connectivity index (χ4n) is 5.35. The van der Waals surface area contributed by atoms with Gasteiger partial charge in [-0.15, -0.1) is 0 Å². The molecule has 1 aliphatic heterocycles. The molecule has 0 bridgehead atoms. The maximum atomic E-state index is 12.8. The van der Waals surface area contributed by atoms with Gasteiger partial charge in [0.15, 0.2) is 19.8 Å². The third kappa shape index (κ3) is 4.49. The van der Waals surface area contributed by atoms with E-state index in [4.69, 9.17) is 18.6 Å². The van der Waals surface area contributed by atoms with Crippen LogP contribution in [0.1, 0.15) is 59.1 Å². The van der Waals surface area contributed by atoms with Crippen molar-refractivity contribution in [1.29, 1.82) is 0 Å². The first kappa shape index (κ1) is 26.8. The Bertz CT molecular complexity index is 1080. The van der Waals surface area contributed by atoms with Gasteiger partial charge in [-0.2, -0.15) is 0 Å². The number of allylic oxidation sites excluding steroid dienone is 2. The van der Waals surface area contributed by atoms with Gasteiger partial charge in [0.2, 0.25) is 0 Å². The van der Waals surface area contributed by atoms with Gasteiger partial charge in [-0.1, -0.05) is 51.1 Å². The lowest BCUT2D eigenvalue weighted by atomic mass is 9.59. The molecule has 0 N–H and O–H groups in total. The van der Waals surface area contributed by atoms with Crippen molar-refractivity contribution in [3.63, 3.8) is 0 Å². The molecule has 0 saturated heterocycles. The summed E-state index contributed by atoms with van der Waals surface area (Å²) in [4.78, 5) is 14.5. The summed E-state index contributed by atoms with van der Waals surface area (Å²) >= 11 is 0. The van der Waals surface area contributed by atoms with Crippen LogP contribution in [0.3, 0.4) is 0 Å². The van der Waals surface area contributed by atoms with Crippen LogP contribution in [0.5, 0.6) is 11.5 Å². The van der Waals surface area contributed by atoms with Crippen molar-refractivity contribution >= 4 is 20.5 Å². The van der Waals surface area contributed by atoms with Gasteiger partial charge in [-0.3, -0.25) is 0 Å². The van der Waals surface area contributed by atoms with Gasteiger partial charge in [-0.25, -0.2) is 4.79 Å². The van der Waals surface area contributed by atoms with Crippen LogP contribution < -0.4 is 9.47 Å². The van der Waals surface area contributed by atoms with Crippen LogP contribution in [-0.2, 0) is 14.6 Å². The molecule has 0 radical (unpaired) electrons. The van der Waals surface area contributed by atoms with Crippen LogP contribution in [0.2, 0.25) is 18.1 Å². The molecule has 2 aliphatic carbocycles.